The molecule has 0 spiro atoms. The van der Waals surface area contributed by atoms with Crippen molar-refractivity contribution < 1.29 is 9.90 Å². The number of aryl methyl sites for hydroxylation is 1. The van der Waals surface area contributed by atoms with Crippen molar-refractivity contribution in [2.45, 2.75) is 19.8 Å². The molecular formula is C23H19N5O2. The number of hydrazone groups is 2. The van der Waals surface area contributed by atoms with E-state index in [9.17, 15) is 9.90 Å². The molecule has 7 heteroatoms. The third-order valence-electron chi connectivity index (χ3n) is 4.88. The van der Waals surface area contributed by atoms with Crippen LogP contribution < -0.4 is 10.4 Å². The zero-order valence-electron chi connectivity index (χ0n) is 16.3. The van der Waals surface area contributed by atoms with Crippen LogP contribution in [0.5, 0.6) is 5.75 Å². The largest absolute Gasteiger partial charge is 0.505 e. The van der Waals surface area contributed by atoms with E-state index in [1.54, 1.807) is 25.1 Å². The summed E-state index contributed by atoms with van der Waals surface area (Å²) in [4.78, 5) is 12.8. The summed E-state index contributed by atoms with van der Waals surface area (Å²) in [6, 6.07) is 20.5. The maximum Gasteiger partial charge on any atom is 0.301 e. The third-order valence-corrected chi connectivity index (χ3v) is 4.88. The number of hydrogen-bond acceptors (Lipinski definition) is 6. The molecule has 1 amide bonds. The number of benzene rings is 3. The molecule has 3 aromatic carbocycles. The number of nitriles is 1. The zero-order chi connectivity index (χ0) is 21.1. The Morgan fingerprint density at radius 1 is 1.13 bits per heavy atom. The molecule has 0 aromatic heterocycles. The van der Waals surface area contributed by atoms with Gasteiger partial charge in [-0.05, 0) is 42.5 Å². The molecule has 0 bridgehead atoms. The Bertz CT molecular complexity index is 1220. The molecule has 0 radical (unpaired) electrons. The van der Waals surface area contributed by atoms with Crippen LogP contribution in [0.3, 0.4) is 0 Å². The van der Waals surface area contributed by atoms with Gasteiger partial charge >= 0.3 is 5.91 Å². The molecule has 0 saturated carbocycles. The Balaban J connectivity index is 1.54. The van der Waals surface area contributed by atoms with Crippen LogP contribution >= 0.6 is 0 Å². The standard InChI is InChI=1S/C23H19N5O2/c1-15-21(26-25-20-13-10-17-6-2-3-7-19(17)22(20)29)23(30)28(27-15)18-11-8-16(9-12-18)5-4-14-24/h2-3,6-13,25,29H,4-5H2,1H3/b26-21+. The fraction of sp³-hybridized carbons (Fsp3) is 0.130. The van der Waals surface area contributed by atoms with E-state index < -0.39 is 0 Å². The van der Waals surface area contributed by atoms with Crippen LogP contribution in [0.4, 0.5) is 11.4 Å². The van der Waals surface area contributed by atoms with Gasteiger partial charge in [0.2, 0.25) is 0 Å². The molecule has 1 aliphatic heterocycles. The first-order valence-electron chi connectivity index (χ1n) is 9.49. The topological polar surface area (TPSA) is 101 Å². The molecule has 30 heavy (non-hydrogen) atoms. The van der Waals surface area contributed by atoms with E-state index in [2.05, 4.69) is 21.7 Å². The second-order valence-corrected chi connectivity index (χ2v) is 6.88. The molecule has 0 saturated heterocycles. The van der Waals surface area contributed by atoms with Gasteiger partial charge in [-0.15, -0.1) is 0 Å². The Morgan fingerprint density at radius 2 is 1.90 bits per heavy atom. The Morgan fingerprint density at radius 3 is 2.67 bits per heavy atom. The van der Waals surface area contributed by atoms with Crippen LogP contribution in [-0.2, 0) is 11.2 Å². The summed E-state index contributed by atoms with van der Waals surface area (Å²) in [5, 5.41) is 30.6. The first kappa shape index (κ1) is 19.2. The monoisotopic (exact) mass is 397 g/mol. The summed E-state index contributed by atoms with van der Waals surface area (Å²) >= 11 is 0. The Kier molecular flexibility index (Phi) is 5.14. The highest BCUT2D eigenvalue weighted by Gasteiger charge is 2.30. The Labute approximate surface area is 173 Å². The van der Waals surface area contributed by atoms with E-state index in [4.69, 9.17) is 5.26 Å². The predicted octanol–water partition coefficient (Wildman–Crippen LogP) is 4.19. The van der Waals surface area contributed by atoms with Crippen LogP contribution in [0.1, 0.15) is 18.9 Å². The number of nitrogens with one attached hydrogen (secondary N) is 1. The van der Waals surface area contributed by atoms with Gasteiger partial charge in [-0.1, -0.05) is 42.5 Å². The quantitative estimate of drug-likeness (QED) is 0.498. The van der Waals surface area contributed by atoms with Gasteiger partial charge in [0.05, 0.1) is 23.2 Å². The highest BCUT2D eigenvalue weighted by atomic mass is 16.3. The maximum absolute atomic E-state index is 12.8. The lowest BCUT2D eigenvalue weighted by Gasteiger charge is -2.12. The van der Waals surface area contributed by atoms with Crippen LogP contribution in [0.25, 0.3) is 10.8 Å². The average molecular weight is 397 g/mol. The molecule has 1 heterocycles. The van der Waals surface area contributed by atoms with Gasteiger partial charge in [0, 0.05) is 11.8 Å². The summed E-state index contributed by atoms with van der Waals surface area (Å²) < 4.78 is 0. The molecule has 3 aromatic rings. The molecule has 0 unspecified atom stereocenters. The highest BCUT2D eigenvalue weighted by Crippen LogP contribution is 2.32. The van der Waals surface area contributed by atoms with Gasteiger partial charge < -0.3 is 5.11 Å². The SMILES string of the molecule is CC1=NN(c2ccc(CCC#N)cc2)C(=O)/C1=N/Nc1ccc2ccccc2c1O. The number of hydrogen-bond donors (Lipinski definition) is 2. The molecule has 148 valence electrons. The van der Waals surface area contributed by atoms with Crippen LogP contribution in [0, 0.1) is 11.3 Å². The number of anilines is 2. The minimum absolute atomic E-state index is 0.0716. The van der Waals surface area contributed by atoms with E-state index in [1.807, 2.05) is 42.5 Å². The number of phenolic OH excluding ortho intramolecular Hbond substituents is 1. The fourth-order valence-electron chi connectivity index (χ4n) is 3.27. The van der Waals surface area contributed by atoms with Crippen LogP contribution in [0.15, 0.2) is 70.9 Å². The first-order chi connectivity index (χ1) is 14.6. The zero-order valence-corrected chi connectivity index (χ0v) is 16.3. The van der Waals surface area contributed by atoms with Crippen LogP contribution in [0.2, 0.25) is 0 Å². The van der Waals surface area contributed by atoms with Gasteiger partial charge in [-0.25, -0.2) is 0 Å². The predicted molar refractivity (Wildman–Crippen MR) is 118 cm³/mol. The summed E-state index contributed by atoms with van der Waals surface area (Å²) in [5.74, 6) is -0.285. The van der Waals surface area contributed by atoms with Crippen molar-refractivity contribution in [2.75, 3.05) is 10.4 Å². The number of carbonyl (C=O) groups excluding carboxylic acids is 1. The molecular weight excluding hydrogens is 378 g/mol. The van der Waals surface area contributed by atoms with E-state index in [1.165, 1.54) is 5.01 Å². The number of aromatic hydroxyl groups is 1. The molecule has 4 rings (SSSR count). The van der Waals surface area contributed by atoms with E-state index in [0.717, 1.165) is 10.9 Å². The van der Waals surface area contributed by atoms with Crippen molar-refractivity contribution in [3.63, 3.8) is 0 Å². The molecule has 0 aliphatic carbocycles. The molecule has 2 N–H and O–H groups in total. The smallest absolute Gasteiger partial charge is 0.301 e. The van der Waals surface area contributed by atoms with E-state index in [0.29, 0.717) is 35.3 Å². The number of fused-ring (bicyclic) bond motifs is 1. The summed E-state index contributed by atoms with van der Waals surface area (Å²) in [6.07, 6.45) is 1.11. The lowest BCUT2D eigenvalue weighted by atomic mass is 10.1. The fourth-order valence-corrected chi connectivity index (χ4v) is 3.27. The van der Waals surface area contributed by atoms with Gasteiger partial charge in [-0.3, -0.25) is 10.2 Å². The number of nitrogens with zero attached hydrogens (tertiary/aromatic N) is 4. The van der Waals surface area contributed by atoms with Crippen LogP contribution in [-0.4, -0.2) is 22.4 Å². The van der Waals surface area contributed by atoms with Gasteiger partial charge in [0.25, 0.3) is 0 Å². The summed E-state index contributed by atoms with van der Waals surface area (Å²) in [5.41, 5.74) is 5.49. The van der Waals surface area contributed by atoms with Gasteiger partial charge in [0.15, 0.2) is 5.71 Å². The lowest BCUT2D eigenvalue weighted by molar-refractivity contribution is -0.112. The summed E-state index contributed by atoms with van der Waals surface area (Å²) in [7, 11) is 0. The van der Waals surface area contributed by atoms with Crippen molar-refractivity contribution in [1.82, 2.24) is 0 Å². The number of phenols is 1. The van der Waals surface area contributed by atoms with Crippen molar-refractivity contribution >= 4 is 39.5 Å². The lowest BCUT2D eigenvalue weighted by Crippen LogP contribution is -2.27. The second-order valence-electron chi connectivity index (χ2n) is 6.88. The third kappa shape index (κ3) is 3.59. The molecule has 1 aliphatic rings. The van der Waals surface area contributed by atoms with Crippen molar-refractivity contribution in [3.8, 4) is 11.8 Å². The van der Waals surface area contributed by atoms with E-state index in [-0.39, 0.29) is 17.4 Å². The Hall–Kier alpha value is -4.18. The maximum atomic E-state index is 12.8. The number of rotatable bonds is 5. The van der Waals surface area contributed by atoms with Gasteiger partial charge in [-0.2, -0.15) is 20.5 Å². The van der Waals surface area contributed by atoms with Crippen molar-refractivity contribution in [3.05, 3.63) is 66.2 Å². The first-order valence-corrected chi connectivity index (χ1v) is 9.49. The molecule has 0 atom stereocenters. The van der Waals surface area contributed by atoms with Gasteiger partial charge in [0.1, 0.15) is 5.75 Å². The second kappa shape index (κ2) is 8.05. The highest BCUT2D eigenvalue weighted by molar-refractivity contribution is 6.71. The summed E-state index contributed by atoms with van der Waals surface area (Å²) in [6.45, 7) is 1.71. The normalized spacial score (nSPS) is 14.8. The van der Waals surface area contributed by atoms with Crippen molar-refractivity contribution in [2.24, 2.45) is 10.2 Å². The number of carbonyl (C=O) groups is 1. The molecule has 0 fully saturated rings. The minimum atomic E-state index is -0.356. The van der Waals surface area contributed by atoms with E-state index >= 15 is 0 Å². The van der Waals surface area contributed by atoms with Crippen molar-refractivity contribution in [1.29, 1.82) is 5.26 Å². The average Bonchev–Trinajstić information content (AvgIpc) is 3.06. The molecule has 7 nitrogen and oxygen atoms in total. The number of amides is 1. The minimum Gasteiger partial charge on any atom is -0.505 e.